The molecule has 0 aliphatic heterocycles. The van der Waals surface area contributed by atoms with Crippen molar-refractivity contribution in [2.75, 3.05) is 0 Å². The first-order valence-electron chi connectivity index (χ1n) is 5.15. The van der Waals surface area contributed by atoms with Gasteiger partial charge in [-0.2, -0.15) is 8.42 Å². The Morgan fingerprint density at radius 1 is 1.11 bits per heavy atom. The third-order valence-electron chi connectivity index (χ3n) is 2.65. The van der Waals surface area contributed by atoms with Gasteiger partial charge in [0.05, 0.1) is 5.52 Å². The van der Waals surface area contributed by atoms with Gasteiger partial charge in [-0.1, -0.05) is 28.1 Å². The maximum atomic E-state index is 12.4. The quantitative estimate of drug-likeness (QED) is 0.712. The topological polar surface area (TPSA) is 39.1 Å². The molecule has 0 saturated heterocycles. The first-order chi connectivity index (χ1) is 8.60. The number of halogens is 1. The average molecular weight is 342 g/mol. The Bertz CT molecular complexity index is 804. The number of rotatable bonds is 2. The largest absolute Gasteiger partial charge is 0.277 e. The molecule has 0 aliphatic rings. The molecule has 2 aromatic heterocycles. The van der Waals surface area contributed by atoms with Gasteiger partial charge >= 0.3 is 0 Å². The fraction of sp³-hybridized carbons (Fsp3) is 0. The van der Waals surface area contributed by atoms with Crippen LogP contribution >= 0.6 is 27.3 Å². The van der Waals surface area contributed by atoms with Gasteiger partial charge in [0.15, 0.2) is 0 Å². The number of aromatic nitrogens is 1. The molecule has 3 rings (SSSR count). The van der Waals surface area contributed by atoms with Crippen LogP contribution in [0.5, 0.6) is 0 Å². The highest BCUT2D eigenvalue weighted by Crippen LogP contribution is 2.28. The lowest BCUT2D eigenvalue weighted by atomic mass is 10.3. The van der Waals surface area contributed by atoms with Crippen LogP contribution in [0.15, 0.2) is 56.7 Å². The van der Waals surface area contributed by atoms with E-state index in [0.717, 1.165) is 9.86 Å². The smallest absolute Gasteiger partial charge is 0.240 e. The lowest BCUT2D eigenvalue weighted by molar-refractivity contribution is 0.591. The molecule has 3 aromatic rings. The lowest BCUT2D eigenvalue weighted by Gasteiger charge is -2.05. The lowest BCUT2D eigenvalue weighted by Crippen LogP contribution is -2.09. The van der Waals surface area contributed by atoms with Crippen molar-refractivity contribution in [3.05, 3.63) is 52.4 Å². The zero-order valence-corrected chi connectivity index (χ0v) is 12.3. The van der Waals surface area contributed by atoms with E-state index < -0.39 is 10.0 Å². The molecule has 92 valence electrons. The van der Waals surface area contributed by atoms with Crippen molar-refractivity contribution in [2.45, 2.75) is 4.21 Å². The second-order valence-corrected chi connectivity index (χ2v) is 7.57. The minimum atomic E-state index is -3.48. The molecule has 3 nitrogen and oxygen atoms in total. The SMILES string of the molecule is O=S(=O)(c1cccs1)n1ccc2c(Br)cccc21. The Labute approximate surface area is 117 Å². The van der Waals surface area contributed by atoms with Gasteiger partial charge in [-0.3, -0.25) is 0 Å². The second kappa shape index (κ2) is 4.22. The molecular weight excluding hydrogens is 334 g/mol. The summed E-state index contributed by atoms with van der Waals surface area (Å²) in [6.45, 7) is 0. The number of benzene rings is 1. The third-order valence-corrected chi connectivity index (χ3v) is 6.41. The predicted octanol–water partition coefficient (Wildman–Crippen LogP) is 3.70. The summed E-state index contributed by atoms with van der Waals surface area (Å²) in [7, 11) is -3.48. The molecular formula is C12H8BrNO2S2. The van der Waals surface area contributed by atoms with Gasteiger partial charge in [0.25, 0.3) is 10.0 Å². The summed E-state index contributed by atoms with van der Waals surface area (Å²) in [6.07, 6.45) is 1.59. The van der Waals surface area contributed by atoms with Crippen LogP contribution in [0.4, 0.5) is 0 Å². The van der Waals surface area contributed by atoms with Crippen LogP contribution < -0.4 is 0 Å². The molecule has 2 heterocycles. The predicted molar refractivity (Wildman–Crippen MR) is 76.5 cm³/mol. The van der Waals surface area contributed by atoms with Crippen molar-refractivity contribution in [3.8, 4) is 0 Å². The van der Waals surface area contributed by atoms with Crippen molar-refractivity contribution in [2.24, 2.45) is 0 Å². The molecule has 0 atom stereocenters. The molecule has 0 bridgehead atoms. The standard InChI is InChI=1S/C12H8BrNO2S2/c13-10-3-1-4-11-9(10)6-7-14(11)18(15,16)12-5-2-8-17-12/h1-8H. The zero-order valence-electron chi connectivity index (χ0n) is 9.08. The van der Waals surface area contributed by atoms with Crippen molar-refractivity contribution >= 4 is 48.2 Å². The average Bonchev–Trinajstić information content (AvgIpc) is 2.99. The molecule has 0 N–H and O–H groups in total. The van der Waals surface area contributed by atoms with Gasteiger partial charge in [0.1, 0.15) is 4.21 Å². The summed E-state index contributed by atoms with van der Waals surface area (Å²) >= 11 is 4.64. The van der Waals surface area contributed by atoms with E-state index in [1.807, 2.05) is 12.1 Å². The summed E-state index contributed by atoms with van der Waals surface area (Å²) < 4.78 is 27.4. The Morgan fingerprint density at radius 2 is 1.94 bits per heavy atom. The highest BCUT2D eigenvalue weighted by atomic mass is 79.9. The van der Waals surface area contributed by atoms with Gasteiger partial charge in [-0.05, 0) is 29.6 Å². The van der Waals surface area contributed by atoms with Crippen molar-refractivity contribution < 1.29 is 8.42 Å². The van der Waals surface area contributed by atoms with E-state index in [-0.39, 0.29) is 0 Å². The van der Waals surface area contributed by atoms with E-state index in [2.05, 4.69) is 15.9 Å². The molecule has 1 aromatic carbocycles. The molecule has 0 fully saturated rings. The van der Waals surface area contributed by atoms with E-state index >= 15 is 0 Å². The summed E-state index contributed by atoms with van der Waals surface area (Å²) in [4.78, 5) is 0. The molecule has 6 heteroatoms. The Hall–Kier alpha value is -1.11. The Balaban J connectivity index is 2.31. The van der Waals surface area contributed by atoms with E-state index in [1.165, 1.54) is 15.3 Å². The molecule has 0 unspecified atom stereocenters. The normalized spacial score (nSPS) is 12.1. The maximum Gasteiger partial charge on any atom is 0.277 e. The van der Waals surface area contributed by atoms with Gasteiger partial charge in [0, 0.05) is 16.1 Å². The number of hydrogen-bond acceptors (Lipinski definition) is 3. The molecule has 18 heavy (non-hydrogen) atoms. The van der Waals surface area contributed by atoms with Crippen LogP contribution in [0, 0.1) is 0 Å². The highest BCUT2D eigenvalue weighted by molar-refractivity contribution is 9.10. The van der Waals surface area contributed by atoms with E-state index in [9.17, 15) is 8.42 Å². The highest BCUT2D eigenvalue weighted by Gasteiger charge is 2.19. The number of fused-ring (bicyclic) bond motifs is 1. The van der Waals surface area contributed by atoms with Gasteiger partial charge in [-0.25, -0.2) is 3.97 Å². The second-order valence-electron chi connectivity index (χ2n) is 3.72. The zero-order chi connectivity index (χ0) is 12.8. The van der Waals surface area contributed by atoms with Crippen LogP contribution in [0.25, 0.3) is 10.9 Å². The van der Waals surface area contributed by atoms with Gasteiger partial charge in [0.2, 0.25) is 0 Å². The van der Waals surface area contributed by atoms with Crippen LogP contribution in [0.1, 0.15) is 0 Å². The summed E-state index contributed by atoms with van der Waals surface area (Å²) in [5, 5.41) is 2.65. The Kier molecular flexibility index (Phi) is 2.80. The number of thiophene rings is 1. The monoisotopic (exact) mass is 341 g/mol. The number of hydrogen-bond donors (Lipinski definition) is 0. The third kappa shape index (κ3) is 1.72. The van der Waals surface area contributed by atoms with Crippen molar-refractivity contribution in [3.63, 3.8) is 0 Å². The summed E-state index contributed by atoms with van der Waals surface area (Å²) in [5.74, 6) is 0. The molecule has 0 aliphatic carbocycles. The van der Waals surface area contributed by atoms with Crippen LogP contribution in [0.3, 0.4) is 0 Å². The fourth-order valence-electron chi connectivity index (χ4n) is 1.82. The summed E-state index contributed by atoms with van der Waals surface area (Å²) in [5.41, 5.74) is 0.678. The van der Waals surface area contributed by atoms with Crippen LogP contribution in [0.2, 0.25) is 0 Å². The van der Waals surface area contributed by atoms with Gasteiger partial charge in [-0.15, -0.1) is 11.3 Å². The number of nitrogens with zero attached hydrogens (tertiary/aromatic N) is 1. The van der Waals surface area contributed by atoms with E-state index in [4.69, 9.17) is 0 Å². The molecule has 0 radical (unpaired) electrons. The van der Waals surface area contributed by atoms with E-state index in [0.29, 0.717) is 9.73 Å². The van der Waals surface area contributed by atoms with Crippen LogP contribution in [-0.4, -0.2) is 12.4 Å². The first kappa shape index (κ1) is 12.0. The Morgan fingerprint density at radius 3 is 2.67 bits per heavy atom. The molecule has 0 spiro atoms. The maximum absolute atomic E-state index is 12.4. The minimum absolute atomic E-state index is 0.347. The fourth-order valence-corrected chi connectivity index (χ4v) is 4.74. The minimum Gasteiger partial charge on any atom is -0.240 e. The van der Waals surface area contributed by atoms with Crippen LogP contribution in [-0.2, 0) is 10.0 Å². The van der Waals surface area contributed by atoms with E-state index in [1.54, 1.807) is 35.8 Å². The summed E-state index contributed by atoms with van der Waals surface area (Å²) in [6, 6.07) is 10.7. The molecule has 0 saturated carbocycles. The van der Waals surface area contributed by atoms with Crippen molar-refractivity contribution in [1.29, 1.82) is 0 Å². The first-order valence-corrected chi connectivity index (χ1v) is 8.26. The molecule has 0 amide bonds. The van der Waals surface area contributed by atoms with Crippen molar-refractivity contribution in [1.82, 2.24) is 3.97 Å². The van der Waals surface area contributed by atoms with Gasteiger partial charge < -0.3 is 0 Å².